The maximum atomic E-state index is 13.7. The van der Waals surface area contributed by atoms with Crippen molar-refractivity contribution in [1.82, 2.24) is 5.43 Å². The second kappa shape index (κ2) is 6.48. The smallest absolute Gasteiger partial charge is 0.126 e. The normalized spacial score (nSPS) is 12.4. The van der Waals surface area contributed by atoms with E-state index in [0.717, 1.165) is 10.0 Å². The monoisotopic (exact) mass is 342 g/mol. The molecule has 1 unspecified atom stereocenters. The molecule has 5 heteroatoms. The second-order valence-electron chi connectivity index (χ2n) is 4.21. The first-order valence-electron chi connectivity index (χ1n) is 5.75. The van der Waals surface area contributed by atoms with Crippen LogP contribution in [0, 0.1) is 5.82 Å². The van der Waals surface area contributed by atoms with Gasteiger partial charge in [0, 0.05) is 9.50 Å². The number of nitrogens with two attached hydrogens (primary N) is 1. The third kappa shape index (κ3) is 3.76. The molecule has 1 atom stereocenters. The van der Waals surface area contributed by atoms with Crippen LogP contribution < -0.4 is 11.3 Å². The molecule has 0 aromatic heterocycles. The van der Waals surface area contributed by atoms with E-state index >= 15 is 0 Å². The molecule has 3 N–H and O–H groups in total. The maximum absolute atomic E-state index is 13.7. The Labute approximate surface area is 124 Å². The van der Waals surface area contributed by atoms with E-state index in [4.69, 9.17) is 17.4 Å². The molecule has 0 aliphatic carbocycles. The highest BCUT2D eigenvalue weighted by Gasteiger charge is 2.14. The third-order valence-corrected chi connectivity index (χ3v) is 3.61. The zero-order valence-electron chi connectivity index (χ0n) is 10.0. The lowest BCUT2D eigenvalue weighted by atomic mass is 9.99. The Hall–Kier alpha value is -0.940. The maximum Gasteiger partial charge on any atom is 0.126 e. The fourth-order valence-electron chi connectivity index (χ4n) is 1.92. The summed E-state index contributed by atoms with van der Waals surface area (Å²) in [5.41, 5.74) is 4.23. The Morgan fingerprint density at radius 3 is 2.74 bits per heavy atom. The highest BCUT2D eigenvalue weighted by molar-refractivity contribution is 9.10. The number of rotatable bonds is 4. The lowest BCUT2D eigenvalue weighted by Gasteiger charge is -2.17. The zero-order valence-corrected chi connectivity index (χ0v) is 12.4. The van der Waals surface area contributed by atoms with Gasteiger partial charge in [0.15, 0.2) is 0 Å². The van der Waals surface area contributed by atoms with Gasteiger partial charge in [-0.05, 0) is 47.9 Å². The molecule has 0 saturated heterocycles. The predicted molar refractivity (Wildman–Crippen MR) is 79.3 cm³/mol. The van der Waals surface area contributed by atoms with Crippen LogP contribution in [0.5, 0.6) is 0 Å². The number of benzene rings is 2. The SMILES string of the molecule is NNC(Cc1cc(Cl)ccc1F)c1cccc(Br)c1. The molecule has 2 aromatic carbocycles. The molecule has 0 saturated carbocycles. The van der Waals surface area contributed by atoms with Crippen LogP contribution in [0.2, 0.25) is 5.02 Å². The van der Waals surface area contributed by atoms with Gasteiger partial charge in [0.1, 0.15) is 5.82 Å². The van der Waals surface area contributed by atoms with Gasteiger partial charge in [-0.3, -0.25) is 11.3 Å². The van der Waals surface area contributed by atoms with Crippen LogP contribution in [0.3, 0.4) is 0 Å². The molecule has 19 heavy (non-hydrogen) atoms. The first kappa shape index (κ1) is 14.5. The molecule has 2 aromatic rings. The molecule has 100 valence electrons. The van der Waals surface area contributed by atoms with Gasteiger partial charge in [0.2, 0.25) is 0 Å². The van der Waals surface area contributed by atoms with E-state index in [9.17, 15) is 4.39 Å². The largest absolute Gasteiger partial charge is 0.271 e. The minimum absolute atomic E-state index is 0.175. The molecular weight excluding hydrogens is 331 g/mol. The molecule has 0 fully saturated rings. The van der Waals surface area contributed by atoms with Crippen LogP contribution in [0.15, 0.2) is 46.9 Å². The quantitative estimate of drug-likeness (QED) is 0.651. The Morgan fingerprint density at radius 1 is 1.26 bits per heavy atom. The van der Waals surface area contributed by atoms with E-state index in [0.29, 0.717) is 17.0 Å². The number of halogens is 3. The summed E-state index contributed by atoms with van der Waals surface area (Å²) in [7, 11) is 0. The molecule has 2 rings (SSSR count). The second-order valence-corrected chi connectivity index (χ2v) is 5.57. The van der Waals surface area contributed by atoms with Gasteiger partial charge in [0.25, 0.3) is 0 Å². The van der Waals surface area contributed by atoms with Crippen molar-refractivity contribution < 1.29 is 4.39 Å². The Kier molecular flexibility index (Phi) is 4.93. The highest BCUT2D eigenvalue weighted by Crippen LogP contribution is 2.24. The lowest BCUT2D eigenvalue weighted by molar-refractivity contribution is 0.529. The first-order chi connectivity index (χ1) is 9.10. The molecule has 0 radical (unpaired) electrons. The Morgan fingerprint density at radius 2 is 2.05 bits per heavy atom. The van der Waals surface area contributed by atoms with Crippen LogP contribution in [0.1, 0.15) is 17.2 Å². The minimum atomic E-state index is -0.278. The summed E-state index contributed by atoms with van der Waals surface area (Å²) in [6.45, 7) is 0. The van der Waals surface area contributed by atoms with Crippen molar-refractivity contribution in [2.75, 3.05) is 0 Å². The zero-order chi connectivity index (χ0) is 13.8. The number of hydrogen-bond acceptors (Lipinski definition) is 2. The first-order valence-corrected chi connectivity index (χ1v) is 6.93. The van der Waals surface area contributed by atoms with Gasteiger partial charge in [-0.15, -0.1) is 0 Å². The van der Waals surface area contributed by atoms with Gasteiger partial charge in [-0.2, -0.15) is 0 Å². The van der Waals surface area contributed by atoms with Crippen LogP contribution in [-0.2, 0) is 6.42 Å². The molecule has 0 bridgehead atoms. The van der Waals surface area contributed by atoms with Crippen LogP contribution >= 0.6 is 27.5 Å². The van der Waals surface area contributed by atoms with Crippen LogP contribution in [-0.4, -0.2) is 0 Å². The van der Waals surface area contributed by atoms with Gasteiger partial charge < -0.3 is 0 Å². The van der Waals surface area contributed by atoms with Crippen molar-refractivity contribution in [3.63, 3.8) is 0 Å². The molecule has 0 spiro atoms. The summed E-state index contributed by atoms with van der Waals surface area (Å²) < 4.78 is 14.7. The molecule has 2 nitrogen and oxygen atoms in total. The summed E-state index contributed by atoms with van der Waals surface area (Å²) in [5, 5.41) is 0.515. The third-order valence-electron chi connectivity index (χ3n) is 2.88. The van der Waals surface area contributed by atoms with Crippen molar-refractivity contribution in [2.24, 2.45) is 5.84 Å². The summed E-state index contributed by atoms with van der Waals surface area (Å²) in [6, 6.07) is 12.1. The van der Waals surface area contributed by atoms with Crippen molar-refractivity contribution in [1.29, 1.82) is 0 Å². The van der Waals surface area contributed by atoms with Crippen molar-refractivity contribution >= 4 is 27.5 Å². The van der Waals surface area contributed by atoms with Gasteiger partial charge >= 0.3 is 0 Å². The average Bonchev–Trinajstić information content (AvgIpc) is 2.39. The van der Waals surface area contributed by atoms with Crippen LogP contribution in [0.4, 0.5) is 4.39 Å². The standard InChI is InChI=1S/C14H13BrClFN2/c15-11-3-1-2-9(6-11)14(19-18)8-10-7-12(16)4-5-13(10)17/h1-7,14,19H,8,18H2. The number of nitrogens with one attached hydrogen (secondary N) is 1. The van der Waals surface area contributed by atoms with E-state index in [2.05, 4.69) is 21.4 Å². The van der Waals surface area contributed by atoms with Crippen molar-refractivity contribution in [2.45, 2.75) is 12.5 Å². The van der Waals surface area contributed by atoms with Gasteiger partial charge in [-0.1, -0.05) is 39.7 Å². The van der Waals surface area contributed by atoms with E-state index in [1.165, 1.54) is 12.1 Å². The summed E-state index contributed by atoms with van der Waals surface area (Å²) in [4.78, 5) is 0. The minimum Gasteiger partial charge on any atom is -0.271 e. The summed E-state index contributed by atoms with van der Waals surface area (Å²) in [6.07, 6.45) is 0.430. The predicted octanol–water partition coefficient (Wildman–Crippen LogP) is 3.99. The average molecular weight is 344 g/mol. The Bertz CT molecular complexity index is 577. The summed E-state index contributed by atoms with van der Waals surface area (Å²) in [5.74, 6) is 5.29. The van der Waals surface area contributed by atoms with E-state index < -0.39 is 0 Å². The fourth-order valence-corrected chi connectivity index (χ4v) is 2.53. The van der Waals surface area contributed by atoms with Crippen molar-refractivity contribution in [3.05, 3.63) is 68.9 Å². The molecular formula is C14H13BrClFN2. The van der Waals surface area contributed by atoms with Gasteiger partial charge in [0.05, 0.1) is 6.04 Å². The molecule has 0 amide bonds. The molecule has 0 heterocycles. The molecule has 0 aliphatic heterocycles. The molecule has 0 aliphatic rings. The summed E-state index contributed by atoms with van der Waals surface area (Å²) >= 11 is 9.30. The fraction of sp³-hybridized carbons (Fsp3) is 0.143. The highest BCUT2D eigenvalue weighted by atomic mass is 79.9. The van der Waals surface area contributed by atoms with E-state index in [-0.39, 0.29) is 11.9 Å². The van der Waals surface area contributed by atoms with Crippen LogP contribution in [0.25, 0.3) is 0 Å². The van der Waals surface area contributed by atoms with E-state index in [1.807, 2.05) is 24.3 Å². The lowest BCUT2D eigenvalue weighted by Crippen LogP contribution is -2.29. The number of hydrazine groups is 1. The van der Waals surface area contributed by atoms with Crippen molar-refractivity contribution in [3.8, 4) is 0 Å². The van der Waals surface area contributed by atoms with E-state index in [1.54, 1.807) is 6.07 Å². The Balaban J connectivity index is 2.26. The van der Waals surface area contributed by atoms with Gasteiger partial charge in [-0.25, -0.2) is 4.39 Å². The number of hydrogen-bond donors (Lipinski definition) is 2. The topological polar surface area (TPSA) is 38.0 Å².